The molecule has 3 aromatic rings. The van der Waals surface area contributed by atoms with Crippen molar-refractivity contribution in [2.75, 3.05) is 25.2 Å². The number of pyridine rings is 1. The minimum absolute atomic E-state index is 0.159. The van der Waals surface area contributed by atoms with Crippen LogP contribution >= 0.6 is 11.6 Å². The number of aliphatic imine (C=N–C) groups is 1. The molecule has 1 saturated heterocycles. The summed E-state index contributed by atoms with van der Waals surface area (Å²) in [5, 5.41) is 7.44. The molecular weight excluding hydrogens is 528 g/mol. The molecule has 40 heavy (non-hydrogen) atoms. The van der Waals surface area contributed by atoms with E-state index in [0.29, 0.717) is 53.7 Å². The Morgan fingerprint density at radius 3 is 2.55 bits per heavy atom. The monoisotopic (exact) mass is 562 g/mol. The van der Waals surface area contributed by atoms with Gasteiger partial charge >= 0.3 is 0 Å². The Balaban J connectivity index is 1.51. The largest absolute Gasteiger partial charge is 0.391 e. The standard InChI is InChI=1S/C30H35ClN6O3/c1-3-22-14-26(25-9-8-23(15-27(25)31)28-35-19(2)40-36-28)30(38)37(17-21-6-4-20(16-32)5-7-21)29(22)34-18-33-24-10-12-39-13-11-24/h3-9,14-15,24,28,33-34,36H,1,10-13,16-18,32H2,2H3. The molecule has 1 unspecified atom stereocenters. The molecule has 5 rings (SSSR count). The van der Waals surface area contributed by atoms with Crippen molar-refractivity contribution >= 4 is 29.4 Å². The number of nitrogens with two attached hydrogens (primary N) is 1. The van der Waals surface area contributed by atoms with Crippen molar-refractivity contribution in [2.45, 2.75) is 45.1 Å². The number of benzene rings is 2. The van der Waals surface area contributed by atoms with E-state index < -0.39 is 0 Å². The number of ether oxygens (including phenoxy) is 1. The molecule has 0 radical (unpaired) electrons. The van der Waals surface area contributed by atoms with Crippen molar-refractivity contribution in [3.8, 4) is 11.1 Å². The van der Waals surface area contributed by atoms with E-state index in [1.54, 1.807) is 17.6 Å². The number of hydroxylamine groups is 1. The molecule has 1 fully saturated rings. The number of aromatic nitrogens is 1. The zero-order valence-electron chi connectivity index (χ0n) is 22.6. The van der Waals surface area contributed by atoms with Crippen LogP contribution in [0.4, 0.5) is 5.82 Å². The van der Waals surface area contributed by atoms with Crippen LogP contribution < -0.4 is 27.4 Å². The molecule has 1 aromatic heterocycles. The summed E-state index contributed by atoms with van der Waals surface area (Å²) in [6.07, 6.45) is 3.32. The summed E-state index contributed by atoms with van der Waals surface area (Å²) in [6.45, 7) is 8.66. The molecule has 2 aliphatic heterocycles. The third-order valence-electron chi connectivity index (χ3n) is 7.23. The number of rotatable bonds is 10. The second kappa shape index (κ2) is 12.8. The van der Waals surface area contributed by atoms with Gasteiger partial charge in [0, 0.05) is 54.4 Å². The van der Waals surface area contributed by atoms with Crippen molar-refractivity contribution < 1.29 is 9.57 Å². The van der Waals surface area contributed by atoms with Crippen molar-refractivity contribution in [3.63, 3.8) is 0 Å². The highest BCUT2D eigenvalue weighted by Crippen LogP contribution is 2.32. The highest BCUT2D eigenvalue weighted by molar-refractivity contribution is 6.33. The molecular formula is C30H35ClN6O3. The van der Waals surface area contributed by atoms with Gasteiger partial charge in [-0.15, -0.1) is 5.48 Å². The molecule has 1 atom stereocenters. The quantitative estimate of drug-likeness (QED) is 0.271. The van der Waals surface area contributed by atoms with Crippen LogP contribution in [0.3, 0.4) is 0 Å². The lowest BCUT2D eigenvalue weighted by atomic mass is 10.0. The molecule has 2 aliphatic rings. The maximum Gasteiger partial charge on any atom is 0.260 e. The van der Waals surface area contributed by atoms with Gasteiger partial charge in [-0.2, -0.15) is 0 Å². The summed E-state index contributed by atoms with van der Waals surface area (Å²) in [4.78, 5) is 23.8. The predicted molar refractivity (Wildman–Crippen MR) is 160 cm³/mol. The molecule has 0 saturated carbocycles. The summed E-state index contributed by atoms with van der Waals surface area (Å²) in [6, 6.07) is 15.7. The molecule has 0 amide bonds. The first-order valence-electron chi connectivity index (χ1n) is 13.5. The maximum atomic E-state index is 14.1. The lowest BCUT2D eigenvalue weighted by Crippen LogP contribution is -2.38. The van der Waals surface area contributed by atoms with E-state index in [4.69, 9.17) is 26.9 Å². The molecule has 10 heteroatoms. The number of hydrogen-bond acceptors (Lipinski definition) is 8. The first-order valence-corrected chi connectivity index (χ1v) is 13.8. The summed E-state index contributed by atoms with van der Waals surface area (Å²) < 4.78 is 7.22. The van der Waals surface area contributed by atoms with E-state index in [9.17, 15) is 4.79 Å². The minimum atomic E-state index is -0.349. The Hall–Kier alpha value is -3.47. The zero-order valence-corrected chi connectivity index (χ0v) is 23.3. The molecule has 0 aliphatic carbocycles. The van der Waals surface area contributed by atoms with E-state index in [-0.39, 0.29) is 11.7 Å². The third kappa shape index (κ3) is 6.29. The Bertz CT molecular complexity index is 1450. The first kappa shape index (κ1) is 28.1. The molecule has 9 nitrogen and oxygen atoms in total. The van der Waals surface area contributed by atoms with E-state index >= 15 is 0 Å². The summed E-state index contributed by atoms with van der Waals surface area (Å²) in [5.41, 5.74) is 13.3. The van der Waals surface area contributed by atoms with Crippen molar-refractivity contribution in [2.24, 2.45) is 10.7 Å². The van der Waals surface area contributed by atoms with E-state index in [1.165, 1.54) is 0 Å². The number of anilines is 1. The van der Waals surface area contributed by atoms with Crippen molar-refractivity contribution in [1.29, 1.82) is 0 Å². The highest BCUT2D eigenvalue weighted by Gasteiger charge is 2.21. The smallest absolute Gasteiger partial charge is 0.260 e. The normalized spacial score (nSPS) is 17.4. The number of nitrogens with zero attached hydrogens (tertiary/aromatic N) is 2. The third-order valence-corrected chi connectivity index (χ3v) is 7.55. The zero-order chi connectivity index (χ0) is 28.1. The van der Waals surface area contributed by atoms with Gasteiger partial charge in [-0.1, -0.05) is 60.7 Å². The predicted octanol–water partition coefficient (Wildman–Crippen LogP) is 4.41. The van der Waals surface area contributed by atoms with Gasteiger partial charge in [-0.3, -0.25) is 14.7 Å². The number of nitrogens with one attached hydrogen (secondary N) is 3. The second-order valence-electron chi connectivity index (χ2n) is 9.93. The summed E-state index contributed by atoms with van der Waals surface area (Å²) in [7, 11) is 0. The Labute approximate surface area is 239 Å². The van der Waals surface area contributed by atoms with Crippen LogP contribution in [0.1, 0.15) is 48.2 Å². The molecule has 5 N–H and O–H groups in total. The lowest BCUT2D eigenvalue weighted by Gasteiger charge is -2.25. The van der Waals surface area contributed by atoms with E-state index in [2.05, 4.69) is 27.7 Å². The van der Waals surface area contributed by atoms with Crippen LogP contribution in [-0.4, -0.2) is 36.4 Å². The molecule has 210 valence electrons. The van der Waals surface area contributed by atoms with Gasteiger partial charge in [-0.05, 0) is 41.7 Å². The maximum absolute atomic E-state index is 14.1. The first-order chi connectivity index (χ1) is 19.5. The van der Waals surface area contributed by atoms with Gasteiger partial charge in [0.05, 0.1) is 13.2 Å². The van der Waals surface area contributed by atoms with E-state index in [0.717, 1.165) is 48.3 Å². The van der Waals surface area contributed by atoms with Gasteiger partial charge in [0.1, 0.15) is 5.82 Å². The topological polar surface area (TPSA) is 115 Å². The fraction of sp³-hybridized carbons (Fsp3) is 0.333. The second-order valence-corrected chi connectivity index (χ2v) is 10.3. The Morgan fingerprint density at radius 1 is 1.15 bits per heavy atom. The lowest BCUT2D eigenvalue weighted by molar-refractivity contribution is 0.0786. The van der Waals surface area contributed by atoms with Crippen LogP contribution in [0.25, 0.3) is 17.2 Å². The van der Waals surface area contributed by atoms with Crippen LogP contribution in [0.5, 0.6) is 0 Å². The van der Waals surface area contributed by atoms with Gasteiger partial charge < -0.3 is 20.6 Å². The van der Waals surface area contributed by atoms with Crippen LogP contribution in [-0.2, 0) is 22.7 Å². The fourth-order valence-electron chi connectivity index (χ4n) is 4.97. The molecule has 0 spiro atoms. The SMILES string of the molecule is C=Cc1cc(-c2ccc(C3N=C(C)ON3)cc2Cl)c(=O)n(Cc2ccc(CN)cc2)c1NCNC1CCOCC1. The van der Waals surface area contributed by atoms with E-state index in [1.807, 2.05) is 48.5 Å². The van der Waals surface area contributed by atoms with Crippen molar-refractivity contribution in [3.05, 3.63) is 92.7 Å². The Kier molecular flexibility index (Phi) is 8.98. The van der Waals surface area contributed by atoms with Crippen LogP contribution in [0.15, 0.2) is 64.9 Å². The Morgan fingerprint density at radius 2 is 1.90 bits per heavy atom. The summed E-state index contributed by atoms with van der Waals surface area (Å²) in [5.74, 6) is 1.24. The number of hydrogen-bond donors (Lipinski definition) is 4. The van der Waals surface area contributed by atoms with Crippen LogP contribution in [0.2, 0.25) is 5.02 Å². The minimum Gasteiger partial charge on any atom is -0.391 e. The average Bonchev–Trinajstić information content (AvgIpc) is 3.42. The van der Waals surface area contributed by atoms with Gasteiger partial charge in [-0.25, -0.2) is 4.99 Å². The van der Waals surface area contributed by atoms with Gasteiger partial charge in [0.25, 0.3) is 5.56 Å². The molecule has 0 bridgehead atoms. The van der Waals surface area contributed by atoms with Crippen LogP contribution in [0, 0.1) is 0 Å². The summed E-state index contributed by atoms with van der Waals surface area (Å²) >= 11 is 6.76. The highest BCUT2D eigenvalue weighted by atomic mass is 35.5. The average molecular weight is 563 g/mol. The molecule has 2 aromatic carbocycles. The van der Waals surface area contributed by atoms with Crippen molar-refractivity contribution in [1.82, 2.24) is 15.4 Å². The van der Waals surface area contributed by atoms with Gasteiger partial charge in [0.2, 0.25) is 5.90 Å². The number of halogens is 1. The molecule has 3 heterocycles. The van der Waals surface area contributed by atoms with Gasteiger partial charge in [0.15, 0.2) is 6.17 Å². The fourth-order valence-corrected chi connectivity index (χ4v) is 5.26.